The van der Waals surface area contributed by atoms with Crippen LogP contribution in [0.3, 0.4) is 0 Å². The van der Waals surface area contributed by atoms with Gasteiger partial charge >= 0.3 is 0 Å². The number of methoxy groups -OCH3 is 1. The molecule has 0 aliphatic carbocycles. The molecule has 2 aliphatic rings. The van der Waals surface area contributed by atoms with Crippen molar-refractivity contribution in [3.8, 4) is 5.75 Å². The third-order valence-corrected chi connectivity index (χ3v) is 5.56. The number of aliphatic carboxylic acids is 1. The molecule has 2 fully saturated rings. The van der Waals surface area contributed by atoms with Crippen LogP contribution in [0.15, 0.2) is 29.2 Å². The normalized spacial score (nSPS) is 21.3. The smallest absolute Gasteiger partial charge is 0.294 e. The van der Waals surface area contributed by atoms with Gasteiger partial charge < -0.3 is 19.5 Å². The molecule has 3 amide bonds. The SMILES string of the molecule is COc1cccc(/C=C2\SC(=O)N(CC(=O)N3CCCC[C@@H]3C(=O)[O-])C2=O)c1. The number of hydrogen-bond acceptors (Lipinski definition) is 7. The molecule has 1 aromatic rings. The first-order valence-electron chi connectivity index (χ1n) is 8.80. The number of carboxylic acid groups (broad SMARTS) is 1. The summed E-state index contributed by atoms with van der Waals surface area (Å²) in [5, 5.41) is 10.7. The van der Waals surface area contributed by atoms with Gasteiger partial charge in [-0.3, -0.25) is 19.3 Å². The lowest BCUT2D eigenvalue weighted by molar-refractivity contribution is -0.312. The third-order valence-electron chi connectivity index (χ3n) is 4.65. The molecular weight excluding hydrogens is 384 g/mol. The monoisotopic (exact) mass is 403 g/mol. The average molecular weight is 403 g/mol. The number of amides is 3. The van der Waals surface area contributed by atoms with Gasteiger partial charge in [0.1, 0.15) is 12.3 Å². The Morgan fingerprint density at radius 1 is 1.32 bits per heavy atom. The predicted octanol–water partition coefficient (Wildman–Crippen LogP) is 0.862. The molecule has 1 aromatic carbocycles. The molecule has 8 nitrogen and oxygen atoms in total. The maximum absolute atomic E-state index is 12.6. The summed E-state index contributed by atoms with van der Waals surface area (Å²) in [4.78, 5) is 50.9. The second kappa shape index (κ2) is 8.47. The number of benzene rings is 1. The number of carbonyl (C=O) groups is 4. The van der Waals surface area contributed by atoms with E-state index in [9.17, 15) is 24.3 Å². The van der Waals surface area contributed by atoms with Crippen molar-refractivity contribution in [2.75, 3.05) is 20.2 Å². The first-order chi connectivity index (χ1) is 13.4. The van der Waals surface area contributed by atoms with Gasteiger partial charge in [-0.25, -0.2) is 0 Å². The molecule has 9 heteroatoms. The summed E-state index contributed by atoms with van der Waals surface area (Å²) in [6.07, 6.45) is 3.23. The van der Waals surface area contributed by atoms with Gasteiger partial charge in [-0.15, -0.1) is 0 Å². The van der Waals surface area contributed by atoms with E-state index >= 15 is 0 Å². The maximum atomic E-state index is 12.6. The number of nitrogens with zero attached hydrogens (tertiary/aromatic N) is 2. The molecule has 1 atom stereocenters. The lowest BCUT2D eigenvalue weighted by Gasteiger charge is -2.36. The van der Waals surface area contributed by atoms with E-state index in [2.05, 4.69) is 0 Å². The second-order valence-corrected chi connectivity index (χ2v) is 7.46. The second-order valence-electron chi connectivity index (χ2n) is 6.46. The number of imide groups is 1. The van der Waals surface area contributed by atoms with E-state index in [1.54, 1.807) is 30.3 Å². The number of piperidine rings is 1. The van der Waals surface area contributed by atoms with Crippen LogP contribution in [0.2, 0.25) is 0 Å². The fourth-order valence-electron chi connectivity index (χ4n) is 3.22. The highest BCUT2D eigenvalue weighted by Crippen LogP contribution is 2.33. The van der Waals surface area contributed by atoms with Crippen molar-refractivity contribution >= 4 is 40.9 Å². The molecular formula is C19H19N2O6S-. The molecule has 148 valence electrons. The Labute approximate surface area is 166 Å². The van der Waals surface area contributed by atoms with Crippen LogP contribution in [0.5, 0.6) is 5.75 Å². The minimum Gasteiger partial charge on any atom is -0.548 e. The third kappa shape index (κ3) is 4.19. The fourth-order valence-corrected chi connectivity index (χ4v) is 4.06. The number of carbonyl (C=O) groups excluding carboxylic acids is 4. The molecule has 2 aliphatic heterocycles. The van der Waals surface area contributed by atoms with Gasteiger partial charge in [0.05, 0.1) is 24.0 Å². The first-order valence-corrected chi connectivity index (χ1v) is 9.62. The van der Waals surface area contributed by atoms with E-state index in [0.29, 0.717) is 30.6 Å². The van der Waals surface area contributed by atoms with Crippen molar-refractivity contribution in [2.24, 2.45) is 0 Å². The van der Waals surface area contributed by atoms with Crippen molar-refractivity contribution in [2.45, 2.75) is 25.3 Å². The maximum Gasteiger partial charge on any atom is 0.294 e. The number of likely N-dealkylation sites (tertiary alicyclic amines) is 1. The van der Waals surface area contributed by atoms with Crippen LogP contribution < -0.4 is 9.84 Å². The van der Waals surface area contributed by atoms with Gasteiger partial charge in [-0.1, -0.05) is 12.1 Å². The highest BCUT2D eigenvalue weighted by molar-refractivity contribution is 8.18. The lowest BCUT2D eigenvalue weighted by Crippen LogP contribution is -2.55. The van der Waals surface area contributed by atoms with Crippen LogP contribution >= 0.6 is 11.8 Å². The number of rotatable bonds is 5. The summed E-state index contributed by atoms with van der Waals surface area (Å²) in [5.41, 5.74) is 0.684. The standard InChI is InChI=1S/C19H20N2O6S/c1-27-13-6-4-5-12(9-13)10-15-17(23)21(19(26)28-15)11-16(22)20-8-3-2-7-14(20)18(24)25/h4-6,9-10,14H,2-3,7-8,11H2,1H3,(H,24,25)/p-1/b15-10-/t14-/m1/s1. The van der Waals surface area contributed by atoms with E-state index < -0.39 is 35.6 Å². The first kappa shape index (κ1) is 19.9. The van der Waals surface area contributed by atoms with Gasteiger partial charge in [0.2, 0.25) is 5.91 Å². The van der Waals surface area contributed by atoms with Crippen LogP contribution in [0.4, 0.5) is 4.79 Å². The molecule has 0 N–H and O–H groups in total. The summed E-state index contributed by atoms with van der Waals surface area (Å²) < 4.78 is 5.14. The van der Waals surface area contributed by atoms with Gasteiger partial charge in [-0.2, -0.15) is 0 Å². The minimum atomic E-state index is -1.32. The van der Waals surface area contributed by atoms with Crippen LogP contribution in [-0.2, 0) is 14.4 Å². The predicted molar refractivity (Wildman–Crippen MR) is 100 cm³/mol. The number of thioether (sulfide) groups is 1. The molecule has 0 saturated carbocycles. The van der Waals surface area contributed by atoms with E-state index in [1.165, 1.54) is 12.0 Å². The number of carboxylic acids is 1. The zero-order valence-electron chi connectivity index (χ0n) is 15.3. The Bertz CT molecular complexity index is 853. The summed E-state index contributed by atoms with van der Waals surface area (Å²) in [5.74, 6) is -1.85. The molecule has 28 heavy (non-hydrogen) atoms. The zero-order chi connectivity index (χ0) is 20.3. The minimum absolute atomic E-state index is 0.196. The van der Waals surface area contributed by atoms with Gasteiger partial charge in [0.25, 0.3) is 11.1 Å². The Hall–Kier alpha value is -2.81. The van der Waals surface area contributed by atoms with E-state index in [4.69, 9.17) is 4.74 Å². The Balaban J connectivity index is 1.73. The summed E-state index contributed by atoms with van der Waals surface area (Å²) in [7, 11) is 1.53. The molecule has 0 unspecified atom stereocenters. The summed E-state index contributed by atoms with van der Waals surface area (Å²) >= 11 is 0.744. The van der Waals surface area contributed by atoms with Crippen LogP contribution in [0.25, 0.3) is 6.08 Å². The molecule has 0 bridgehead atoms. The molecule has 0 aromatic heterocycles. The van der Waals surface area contributed by atoms with Crippen molar-refractivity contribution < 1.29 is 29.0 Å². The molecule has 2 saturated heterocycles. The molecule has 0 spiro atoms. The molecule has 2 heterocycles. The number of hydrogen-bond donors (Lipinski definition) is 0. The van der Waals surface area contributed by atoms with Crippen molar-refractivity contribution in [1.29, 1.82) is 0 Å². The molecule has 0 radical (unpaired) electrons. The topological polar surface area (TPSA) is 107 Å². The van der Waals surface area contributed by atoms with Gasteiger partial charge in [0, 0.05) is 6.54 Å². The van der Waals surface area contributed by atoms with Crippen molar-refractivity contribution in [3.63, 3.8) is 0 Å². The van der Waals surface area contributed by atoms with Crippen LogP contribution in [0.1, 0.15) is 24.8 Å². The largest absolute Gasteiger partial charge is 0.548 e. The average Bonchev–Trinajstić information content (AvgIpc) is 2.95. The Morgan fingerprint density at radius 3 is 2.82 bits per heavy atom. The number of ether oxygens (including phenoxy) is 1. The van der Waals surface area contributed by atoms with Crippen molar-refractivity contribution in [3.05, 3.63) is 34.7 Å². The lowest BCUT2D eigenvalue weighted by atomic mass is 10.0. The van der Waals surface area contributed by atoms with Gasteiger partial charge in [-0.05, 0) is 54.8 Å². The quantitative estimate of drug-likeness (QED) is 0.671. The van der Waals surface area contributed by atoms with E-state index in [0.717, 1.165) is 16.7 Å². The summed E-state index contributed by atoms with van der Waals surface area (Å²) in [6.45, 7) is -0.211. The Morgan fingerprint density at radius 2 is 2.11 bits per heavy atom. The highest BCUT2D eigenvalue weighted by atomic mass is 32.2. The van der Waals surface area contributed by atoms with Gasteiger partial charge in [0.15, 0.2) is 0 Å². The van der Waals surface area contributed by atoms with E-state index in [1.807, 2.05) is 0 Å². The fraction of sp³-hybridized carbons (Fsp3) is 0.368. The highest BCUT2D eigenvalue weighted by Gasteiger charge is 2.38. The summed E-state index contributed by atoms with van der Waals surface area (Å²) in [6, 6.07) is 5.98. The van der Waals surface area contributed by atoms with Crippen LogP contribution in [0, 0.1) is 0 Å². The molecule has 3 rings (SSSR count). The van der Waals surface area contributed by atoms with Crippen LogP contribution in [-0.4, -0.2) is 59.1 Å². The Kier molecular flexibility index (Phi) is 6.03. The van der Waals surface area contributed by atoms with E-state index in [-0.39, 0.29) is 11.4 Å². The zero-order valence-corrected chi connectivity index (χ0v) is 16.1. The van der Waals surface area contributed by atoms with Crippen molar-refractivity contribution in [1.82, 2.24) is 9.80 Å².